The van der Waals surface area contributed by atoms with Gasteiger partial charge in [-0.1, -0.05) is 0 Å². The third-order valence-electron chi connectivity index (χ3n) is 1.68. The predicted octanol–water partition coefficient (Wildman–Crippen LogP) is 2.91. The molecule has 0 radical (unpaired) electrons. The van der Waals surface area contributed by atoms with Crippen LogP contribution < -0.4 is 0 Å². The second-order valence-electron chi connectivity index (χ2n) is 3.72. The molecule has 0 fully saturated rings. The standard InChI is InChI=1S/2C5H5.2CHF3O3S.Zr/c2*1-2-4-5-3-1;2*2-1(3,4)8(5,6)7;/h2*1-5H;2*(H,5,6,7);/q2*-1;;;+4/p-2. The molecule has 0 aliphatic heterocycles. The van der Waals surface area contributed by atoms with Crippen molar-refractivity contribution in [2.75, 3.05) is 0 Å². The van der Waals surface area contributed by atoms with Gasteiger partial charge in [-0.25, -0.2) is 41.1 Å². The molecule has 2 rings (SSSR count). The first kappa shape index (κ1) is 30.7. The third kappa shape index (κ3) is 18.1. The average molecular weight is 520 g/mol. The summed E-state index contributed by atoms with van der Waals surface area (Å²) in [6, 6.07) is 20.0. The van der Waals surface area contributed by atoms with Crippen molar-refractivity contribution < 1.29 is 78.5 Å². The Morgan fingerprint density at radius 3 is 0.778 bits per heavy atom. The first-order valence-electron chi connectivity index (χ1n) is 5.88. The fourth-order valence-electron chi connectivity index (χ4n) is 0.642. The molecule has 0 spiro atoms. The van der Waals surface area contributed by atoms with E-state index in [2.05, 4.69) is 0 Å². The molecule has 2 aromatic carbocycles. The van der Waals surface area contributed by atoms with E-state index in [1.165, 1.54) is 0 Å². The second-order valence-corrected chi connectivity index (χ2v) is 6.47. The van der Waals surface area contributed by atoms with E-state index in [1.807, 2.05) is 60.7 Å². The van der Waals surface area contributed by atoms with Crippen LogP contribution in [-0.4, -0.2) is 37.0 Å². The molecule has 0 atom stereocenters. The Hall–Kier alpha value is -1.02. The zero-order valence-corrected chi connectivity index (χ0v) is 16.9. The van der Waals surface area contributed by atoms with Gasteiger partial charge < -0.3 is 9.11 Å². The van der Waals surface area contributed by atoms with Gasteiger partial charge in [0.2, 0.25) is 0 Å². The molecule has 0 N–H and O–H groups in total. The first-order chi connectivity index (χ1) is 11.5. The van der Waals surface area contributed by atoms with Crippen LogP contribution in [0.2, 0.25) is 0 Å². The van der Waals surface area contributed by atoms with E-state index in [1.54, 1.807) is 0 Å². The molecule has 15 heteroatoms. The summed E-state index contributed by atoms with van der Waals surface area (Å²) in [5, 5.41) is 0. The van der Waals surface area contributed by atoms with Crippen molar-refractivity contribution in [3.05, 3.63) is 60.7 Å². The van der Waals surface area contributed by atoms with Crippen LogP contribution in [0.4, 0.5) is 26.3 Å². The number of hydrogen-bond acceptors (Lipinski definition) is 6. The van der Waals surface area contributed by atoms with Crippen LogP contribution in [0, 0.1) is 0 Å². The molecule has 0 aromatic heterocycles. The molecular formula is C12H10F6O6S2Zr. The maximum Gasteiger partial charge on any atom is 4.00 e. The molecule has 6 nitrogen and oxygen atoms in total. The van der Waals surface area contributed by atoms with Crippen LogP contribution in [0.5, 0.6) is 0 Å². The average Bonchev–Trinajstić information content (AvgIpc) is 3.15. The van der Waals surface area contributed by atoms with Gasteiger partial charge in [-0.15, -0.1) is 0 Å². The monoisotopic (exact) mass is 518 g/mol. The molecule has 0 saturated heterocycles. The maximum absolute atomic E-state index is 10.7. The van der Waals surface area contributed by atoms with E-state index >= 15 is 0 Å². The van der Waals surface area contributed by atoms with Crippen LogP contribution >= 0.6 is 0 Å². The van der Waals surface area contributed by atoms with E-state index < -0.39 is 31.3 Å². The number of alkyl halides is 6. The molecule has 0 amide bonds. The number of rotatable bonds is 0. The molecule has 0 unspecified atom stereocenters. The zero-order chi connectivity index (χ0) is 21.1. The predicted molar refractivity (Wildman–Crippen MR) is 75.6 cm³/mol. The fourth-order valence-corrected chi connectivity index (χ4v) is 0.642. The van der Waals surface area contributed by atoms with E-state index in [0.717, 1.165) is 0 Å². The SMILES string of the molecule is O=S(=O)([O-])C(F)(F)F.O=S(=O)([O-])C(F)(F)F.[Zr+4].c1cc[cH-]c1.c1cc[cH-]c1. The van der Waals surface area contributed by atoms with Gasteiger partial charge in [-0.2, -0.15) is 62.7 Å². The number of hydrogen-bond donors (Lipinski definition) is 0. The Balaban J connectivity index is -0.000000286. The summed E-state index contributed by atoms with van der Waals surface area (Å²) in [5.41, 5.74) is -11.3. The van der Waals surface area contributed by atoms with E-state index in [-0.39, 0.29) is 26.2 Å². The van der Waals surface area contributed by atoms with Gasteiger partial charge in [0, 0.05) is 0 Å². The summed E-state index contributed by atoms with van der Waals surface area (Å²) < 4.78 is 118. The van der Waals surface area contributed by atoms with Gasteiger partial charge in [-0.3, -0.25) is 0 Å². The molecule has 152 valence electrons. The van der Waals surface area contributed by atoms with Crippen molar-refractivity contribution in [3.63, 3.8) is 0 Å². The summed E-state index contributed by atoms with van der Waals surface area (Å²) in [4.78, 5) is 0. The molecule has 2 aromatic rings. The minimum absolute atomic E-state index is 0. The van der Waals surface area contributed by atoms with Crippen LogP contribution in [0.1, 0.15) is 0 Å². The van der Waals surface area contributed by atoms with E-state index in [4.69, 9.17) is 25.9 Å². The van der Waals surface area contributed by atoms with Crippen molar-refractivity contribution in [3.8, 4) is 0 Å². The maximum atomic E-state index is 10.7. The van der Waals surface area contributed by atoms with Crippen molar-refractivity contribution >= 4 is 20.2 Å². The minimum atomic E-state index is -6.09. The normalized spacial score (nSPS) is 11.3. The number of halogens is 6. The van der Waals surface area contributed by atoms with Gasteiger partial charge in [0.15, 0.2) is 20.2 Å². The van der Waals surface area contributed by atoms with E-state index in [0.29, 0.717) is 0 Å². The fraction of sp³-hybridized carbons (Fsp3) is 0.167. The molecule has 27 heavy (non-hydrogen) atoms. The summed E-state index contributed by atoms with van der Waals surface area (Å²) >= 11 is 0. The quantitative estimate of drug-likeness (QED) is 0.229. The first-order valence-corrected chi connectivity index (χ1v) is 8.69. The Morgan fingerprint density at radius 1 is 0.593 bits per heavy atom. The van der Waals surface area contributed by atoms with Crippen LogP contribution in [-0.2, 0) is 46.4 Å². The molecule has 0 aliphatic carbocycles. The molecule has 0 bridgehead atoms. The Morgan fingerprint density at radius 2 is 0.741 bits per heavy atom. The summed E-state index contributed by atoms with van der Waals surface area (Å²) in [7, 11) is -12.2. The van der Waals surface area contributed by atoms with Crippen LogP contribution in [0.15, 0.2) is 60.7 Å². The van der Waals surface area contributed by atoms with Crippen molar-refractivity contribution in [2.24, 2.45) is 0 Å². The van der Waals surface area contributed by atoms with Gasteiger partial charge in [0.25, 0.3) is 0 Å². The van der Waals surface area contributed by atoms with Gasteiger partial charge in [0.1, 0.15) is 0 Å². The summed E-state index contributed by atoms with van der Waals surface area (Å²) in [6.45, 7) is 0. The Labute approximate surface area is 170 Å². The van der Waals surface area contributed by atoms with Crippen LogP contribution in [0.25, 0.3) is 0 Å². The van der Waals surface area contributed by atoms with Crippen molar-refractivity contribution in [2.45, 2.75) is 11.0 Å². The van der Waals surface area contributed by atoms with Crippen molar-refractivity contribution in [1.29, 1.82) is 0 Å². The van der Waals surface area contributed by atoms with Crippen molar-refractivity contribution in [1.82, 2.24) is 0 Å². The summed E-state index contributed by atoms with van der Waals surface area (Å²) in [5.74, 6) is 0. The zero-order valence-electron chi connectivity index (χ0n) is 12.8. The second kappa shape index (κ2) is 13.2. The molecule has 0 aliphatic rings. The minimum Gasteiger partial charge on any atom is -0.741 e. The molecular weight excluding hydrogens is 509 g/mol. The smallest absolute Gasteiger partial charge is 0.741 e. The summed E-state index contributed by atoms with van der Waals surface area (Å²) in [6.07, 6.45) is 0. The molecule has 0 saturated carbocycles. The third-order valence-corrected chi connectivity index (χ3v) is 2.81. The topological polar surface area (TPSA) is 114 Å². The Kier molecular flexibility index (Phi) is 15.0. The molecule has 0 heterocycles. The van der Waals surface area contributed by atoms with Gasteiger partial charge >= 0.3 is 37.2 Å². The van der Waals surface area contributed by atoms with E-state index in [9.17, 15) is 26.3 Å². The van der Waals surface area contributed by atoms with Gasteiger partial charge in [0.05, 0.1) is 0 Å². The Bertz CT molecular complexity index is 663. The van der Waals surface area contributed by atoms with Gasteiger partial charge in [-0.05, 0) is 0 Å². The largest absolute Gasteiger partial charge is 4.00 e. The van der Waals surface area contributed by atoms with Crippen LogP contribution in [0.3, 0.4) is 0 Å².